The van der Waals surface area contributed by atoms with Crippen LogP contribution in [0.2, 0.25) is 0 Å². The summed E-state index contributed by atoms with van der Waals surface area (Å²) in [6.45, 7) is 4.91. The molecule has 0 aliphatic carbocycles. The molecule has 1 saturated heterocycles. The molecule has 0 spiro atoms. The molecule has 1 aromatic heterocycles. The highest BCUT2D eigenvalue weighted by Gasteiger charge is 2.53. The maximum Gasteiger partial charge on any atom is 0.355 e. The number of carbonyl (C=O) groups excluding carboxylic acids is 4. The van der Waals surface area contributed by atoms with Gasteiger partial charge in [0, 0.05) is 24.3 Å². The molecule has 1 fully saturated rings. The minimum atomic E-state index is -0.894. The molecule has 2 N–H and O–H groups in total. The summed E-state index contributed by atoms with van der Waals surface area (Å²) in [6.07, 6.45) is 1.46. The summed E-state index contributed by atoms with van der Waals surface area (Å²) in [4.78, 5) is 59.6. The zero-order valence-electron chi connectivity index (χ0n) is 19.9. The Balaban J connectivity index is 1.66. The molecule has 2 aliphatic rings. The number of esters is 1. The minimum absolute atomic E-state index is 0.113. The number of thiazole rings is 1. The van der Waals surface area contributed by atoms with Crippen LogP contribution in [0.5, 0.6) is 0 Å². The molecule has 36 heavy (non-hydrogen) atoms. The monoisotopic (exact) mass is 541 g/mol. The van der Waals surface area contributed by atoms with Gasteiger partial charge in [-0.15, -0.1) is 23.1 Å². The molecule has 2 atom stereocenters. The fourth-order valence-corrected chi connectivity index (χ4v) is 5.21. The molecule has 0 aromatic carbocycles. The van der Waals surface area contributed by atoms with Gasteiger partial charge >= 0.3 is 5.97 Å². The van der Waals surface area contributed by atoms with E-state index in [9.17, 15) is 19.2 Å². The molecule has 0 radical (unpaired) electrons. The van der Waals surface area contributed by atoms with Gasteiger partial charge in [-0.25, -0.2) is 9.78 Å². The Morgan fingerprint density at radius 3 is 2.67 bits per heavy atom. The van der Waals surface area contributed by atoms with Gasteiger partial charge in [0.1, 0.15) is 36.0 Å². The van der Waals surface area contributed by atoms with Crippen LogP contribution in [-0.4, -0.2) is 96.6 Å². The van der Waals surface area contributed by atoms with E-state index in [0.29, 0.717) is 25.4 Å². The highest BCUT2D eigenvalue weighted by Crippen LogP contribution is 2.38. The van der Waals surface area contributed by atoms with Crippen molar-refractivity contribution in [3.05, 3.63) is 22.8 Å². The van der Waals surface area contributed by atoms with Gasteiger partial charge in [0.05, 0.1) is 13.2 Å². The standard InChI is InChI=1S/C21H27N5O8S2/c1-4-32-8-12(9-33-5-2)34-20(30)14-6-7-35-19-16(18(29)26(14)19)24-17(28)15(25-31-3)13-10-36-21(23-13)22-11-27/h6,10-12,16,19H,4-5,7-9H2,1-3H3,(H,24,28)(H,22,23,27)/t16?,19-/m1/s1. The van der Waals surface area contributed by atoms with Crippen molar-refractivity contribution >= 4 is 58.1 Å². The third-order valence-corrected chi connectivity index (χ3v) is 6.92. The van der Waals surface area contributed by atoms with Gasteiger partial charge in [-0.05, 0) is 19.9 Å². The molecule has 2 aliphatic heterocycles. The fourth-order valence-electron chi connectivity index (χ4n) is 3.36. The Morgan fingerprint density at radius 1 is 1.31 bits per heavy atom. The number of fused-ring (bicyclic) bond motifs is 1. The van der Waals surface area contributed by atoms with Gasteiger partial charge in [-0.1, -0.05) is 5.16 Å². The van der Waals surface area contributed by atoms with Crippen LogP contribution in [-0.2, 0) is 38.2 Å². The Bertz CT molecular complexity index is 1020. The maximum absolute atomic E-state index is 12.9. The van der Waals surface area contributed by atoms with E-state index in [4.69, 9.17) is 19.0 Å². The first kappa shape index (κ1) is 27.6. The third kappa shape index (κ3) is 6.40. The number of ether oxygens (including phenoxy) is 3. The van der Waals surface area contributed by atoms with E-state index >= 15 is 0 Å². The van der Waals surface area contributed by atoms with E-state index < -0.39 is 35.3 Å². The van der Waals surface area contributed by atoms with Crippen molar-refractivity contribution in [1.82, 2.24) is 15.2 Å². The molecule has 0 saturated carbocycles. The number of rotatable bonds is 14. The van der Waals surface area contributed by atoms with Crippen molar-refractivity contribution in [2.45, 2.75) is 31.4 Å². The van der Waals surface area contributed by atoms with Crippen molar-refractivity contribution < 1.29 is 38.2 Å². The predicted octanol–water partition coefficient (Wildman–Crippen LogP) is 0.331. The number of nitrogens with zero attached hydrogens (tertiary/aromatic N) is 3. The number of anilines is 1. The lowest BCUT2D eigenvalue weighted by molar-refractivity contribution is -0.159. The van der Waals surface area contributed by atoms with Gasteiger partial charge in [-0.2, -0.15) is 0 Å². The molecule has 196 valence electrons. The molecule has 13 nitrogen and oxygen atoms in total. The van der Waals surface area contributed by atoms with Gasteiger partial charge in [0.15, 0.2) is 10.8 Å². The first-order valence-corrected chi connectivity index (χ1v) is 13.0. The second-order valence-electron chi connectivity index (χ2n) is 7.24. The molecule has 3 rings (SSSR count). The summed E-state index contributed by atoms with van der Waals surface area (Å²) in [6, 6.07) is -0.894. The van der Waals surface area contributed by atoms with Gasteiger partial charge in [-0.3, -0.25) is 19.3 Å². The van der Waals surface area contributed by atoms with Crippen LogP contribution < -0.4 is 10.6 Å². The molecule has 15 heteroatoms. The summed E-state index contributed by atoms with van der Waals surface area (Å²) in [5.41, 5.74) is 0.120. The topological polar surface area (TPSA) is 158 Å². The van der Waals surface area contributed by atoms with Crippen LogP contribution in [0.4, 0.5) is 5.13 Å². The van der Waals surface area contributed by atoms with Crippen molar-refractivity contribution in [1.29, 1.82) is 0 Å². The third-order valence-electron chi connectivity index (χ3n) is 4.96. The number of oxime groups is 1. The van der Waals surface area contributed by atoms with Crippen LogP contribution in [0, 0.1) is 0 Å². The Kier molecular flexibility index (Phi) is 10.2. The molecular formula is C21H27N5O8S2. The first-order chi connectivity index (χ1) is 17.4. The molecule has 1 aromatic rings. The number of carbonyl (C=O) groups is 4. The van der Waals surface area contributed by atoms with E-state index in [1.165, 1.54) is 29.2 Å². The maximum atomic E-state index is 12.9. The average molecular weight is 542 g/mol. The number of hydrogen-bond donors (Lipinski definition) is 2. The number of aromatic nitrogens is 1. The predicted molar refractivity (Wildman–Crippen MR) is 131 cm³/mol. The average Bonchev–Trinajstić information content (AvgIpc) is 3.34. The van der Waals surface area contributed by atoms with Crippen LogP contribution in [0.25, 0.3) is 0 Å². The SMILES string of the molecule is CCOCC(COCC)OC(=O)C1=CCS[C@@H]2C(NC(=O)C(=NOC)c3csc(NC=O)n3)C(=O)N12. The summed E-state index contributed by atoms with van der Waals surface area (Å²) in [7, 11) is 1.27. The zero-order valence-corrected chi connectivity index (χ0v) is 21.6. The van der Waals surface area contributed by atoms with E-state index in [1.807, 2.05) is 13.8 Å². The quantitative estimate of drug-likeness (QED) is 0.111. The van der Waals surface area contributed by atoms with Gasteiger partial charge < -0.3 is 29.7 Å². The number of thioether (sulfide) groups is 1. The van der Waals surface area contributed by atoms with Crippen molar-refractivity contribution in [3.8, 4) is 0 Å². The highest BCUT2D eigenvalue weighted by molar-refractivity contribution is 8.00. The Morgan fingerprint density at radius 2 is 2.03 bits per heavy atom. The zero-order chi connectivity index (χ0) is 26.1. The Labute approximate surface area is 215 Å². The molecule has 1 unspecified atom stereocenters. The summed E-state index contributed by atoms with van der Waals surface area (Å²) < 4.78 is 16.3. The normalized spacial score (nSPS) is 19.2. The molecule has 3 heterocycles. The number of nitrogens with one attached hydrogen (secondary N) is 2. The van der Waals surface area contributed by atoms with Crippen molar-refractivity contribution in [3.63, 3.8) is 0 Å². The first-order valence-electron chi connectivity index (χ1n) is 11.0. The Hall–Kier alpha value is -3.01. The molecular weight excluding hydrogens is 514 g/mol. The van der Waals surface area contributed by atoms with Crippen LogP contribution in [0.3, 0.4) is 0 Å². The molecule has 0 bridgehead atoms. The van der Waals surface area contributed by atoms with Crippen LogP contribution in [0.1, 0.15) is 19.5 Å². The lowest BCUT2D eigenvalue weighted by Crippen LogP contribution is -2.70. The van der Waals surface area contributed by atoms with Gasteiger partial charge in [0.2, 0.25) is 6.41 Å². The van der Waals surface area contributed by atoms with E-state index in [0.717, 1.165) is 11.3 Å². The second kappa shape index (κ2) is 13.3. The smallest absolute Gasteiger partial charge is 0.355 e. The molecule has 3 amide bonds. The highest BCUT2D eigenvalue weighted by atomic mass is 32.2. The largest absolute Gasteiger partial charge is 0.453 e. The number of amides is 3. The summed E-state index contributed by atoms with van der Waals surface area (Å²) >= 11 is 2.48. The lowest BCUT2D eigenvalue weighted by Gasteiger charge is -2.48. The second-order valence-corrected chi connectivity index (χ2v) is 9.25. The van der Waals surface area contributed by atoms with Crippen molar-refractivity contribution in [2.24, 2.45) is 5.16 Å². The summed E-state index contributed by atoms with van der Waals surface area (Å²) in [5.74, 6) is -1.38. The van der Waals surface area contributed by atoms with E-state index in [1.54, 1.807) is 6.08 Å². The van der Waals surface area contributed by atoms with E-state index in [-0.39, 0.29) is 35.4 Å². The number of hydrogen-bond acceptors (Lipinski definition) is 12. The number of β-lactam (4-membered cyclic amide) rings is 1. The van der Waals surface area contributed by atoms with Gasteiger partial charge in [0.25, 0.3) is 11.8 Å². The van der Waals surface area contributed by atoms with Crippen LogP contribution >= 0.6 is 23.1 Å². The fraction of sp³-hybridized carbons (Fsp3) is 0.524. The minimum Gasteiger partial charge on any atom is -0.453 e. The van der Waals surface area contributed by atoms with Crippen molar-refractivity contribution in [2.75, 3.05) is 44.6 Å². The summed E-state index contributed by atoms with van der Waals surface area (Å²) in [5, 5.41) is 10.0. The van der Waals surface area contributed by atoms with E-state index in [2.05, 4.69) is 20.8 Å². The lowest BCUT2D eigenvalue weighted by atomic mass is 10.0. The van der Waals surface area contributed by atoms with Crippen LogP contribution in [0.15, 0.2) is 22.3 Å².